The highest BCUT2D eigenvalue weighted by atomic mass is 32.1. The van der Waals surface area contributed by atoms with E-state index in [1.807, 2.05) is 24.3 Å². The zero-order chi connectivity index (χ0) is 14.4. The molecule has 0 unspecified atom stereocenters. The molecule has 5 nitrogen and oxygen atoms in total. The SMILES string of the molecule is CC(=O)NCCCC(=O)OCc1nc2ccccc2s1. The van der Waals surface area contributed by atoms with E-state index in [9.17, 15) is 9.59 Å². The number of amides is 1. The Hall–Kier alpha value is -1.95. The average Bonchev–Trinajstić information content (AvgIpc) is 2.84. The lowest BCUT2D eigenvalue weighted by molar-refractivity contribution is -0.145. The highest BCUT2D eigenvalue weighted by Crippen LogP contribution is 2.22. The van der Waals surface area contributed by atoms with E-state index in [2.05, 4.69) is 10.3 Å². The van der Waals surface area contributed by atoms with Crippen molar-refractivity contribution in [2.45, 2.75) is 26.4 Å². The van der Waals surface area contributed by atoms with Crippen LogP contribution in [0.25, 0.3) is 10.2 Å². The van der Waals surface area contributed by atoms with Crippen molar-refractivity contribution in [2.75, 3.05) is 6.54 Å². The number of thiazole rings is 1. The third kappa shape index (κ3) is 4.31. The molecule has 1 aromatic heterocycles. The fourth-order valence-corrected chi connectivity index (χ4v) is 2.57. The molecule has 0 aliphatic carbocycles. The first-order valence-electron chi connectivity index (χ1n) is 6.39. The normalized spacial score (nSPS) is 10.4. The van der Waals surface area contributed by atoms with Gasteiger partial charge < -0.3 is 10.1 Å². The summed E-state index contributed by atoms with van der Waals surface area (Å²) in [6, 6.07) is 7.81. The minimum atomic E-state index is -0.269. The molecule has 1 aromatic carbocycles. The van der Waals surface area contributed by atoms with Gasteiger partial charge in [-0.1, -0.05) is 12.1 Å². The van der Waals surface area contributed by atoms with Gasteiger partial charge in [-0.05, 0) is 18.6 Å². The van der Waals surface area contributed by atoms with E-state index >= 15 is 0 Å². The van der Waals surface area contributed by atoms with Crippen LogP contribution < -0.4 is 5.32 Å². The summed E-state index contributed by atoms with van der Waals surface area (Å²) in [6.45, 7) is 2.15. The van der Waals surface area contributed by atoms with Crippen molar-refractivity contribution in [3.63, 3.8) is 0 Å². The quantitative estimate of drug-likeness (QED) is 0.655. The molecule has 1 N–H and O–H groups in total. The van der Waals surface area contributed by atoms with Gasteiger partial charge in [0.25, 0.3) is 0 Å². The summed E-state index contributed by atoms with van der Waals surface area (Å²) in [7, 11) is 0. The number of fused-ring (bicyclic) bond motifs is 1. The molecule has 2 aromatic rings. The minimum absolute atomic E-state index is 0.0900. The summed E-state index contributed by atoms with van der Waals surface area (Å²) in [5.41, 5.74) is 0.925. The summed E-state index contributed by atoms with van der Waals surface area (Å²) in [6.07, 6.45) is 0.878. The largest absolute Gasteiger partial charge is 0.458 e. The number of para-hydroxylation sites is 1. The maximum Gasteiger partial charge on any atom is 0.306 e. The number of hydrogen-bond acceptors (Lipinski definition) is 5. The summed E-state index contributed by atoms with van der Waals surface area (Å²) >= 11 is 1.53. The molecule has 20 heavy (non-hydrogen) atoms. The molecule has 0 radical (unpaired) electrons. The van der Waals surface area contributed by atoms with Gasteiger partial charge in [0.05, 0.1) is 10.2 Å². The first-order chi connectivity index (χ1) is 9.65. The van der Waals surface area contributed by atoms with E-state index in [-0.39, 0.29) is 18.5 Å². The molecule has 0 aliphatic heterocycles. The van der Waals surface area contributed by atoms with Crippen LogP contribution in [0, 0.1) is 0 Å². The van der Waals surface area contributed by atoms with Gasteiger partial charge in [-0.25, -0.2) is 4.98 Å². The maximum absolute atomic E-state index is 11.5. The first-order valence-corrected chi connectivity index (χ1v) is 7.21. The van der Waals surface area contributed by atoms with Gasteiger partial charge in [-0.2, -0.15) is 0 Å². The van der Waals surface area contributed by atoms with Crippen molar-refractivity contribution in [2.24, 2.45) is 0 Å². The molecule has 0 bridgehead atoms. The van der Waals surface area contributed by atoms with Crippen LogP contribution in [0.15, 0.2) is 24.3 Å². The van der Waals surface area contributed by atoms with Gasteiger partial charge in [-0.15, -0.1) is 11.3 Å². The third-order valence-electron chi connectivity index (χ3n) is 2.63. The molecular weight excluding hydrogens is 276 g/mol. The second kappa shape index (κ2) is 7.00. The molecule has 0 aliphatic rings. The van der Waals surface area contributed by atoms with Crippen molar-refractivity contribution < 1.29 is 14.3 Å². The van der Waals surface area contributed by atoms with E-state index in [1.165, 1.54) is 18.3 Å². The molecule has 0 atom stereocenters. The lowest BCUT2D eigenvalue weighted by Crippen LogP contribution is -2.21. The fourth-order valence-electron chi connectivity index (χ4n) is 1.69. The number of ether oxygens (including phenoxy) is 1. The number of benzene rings is 1. The van der Waals surface area contributed by atoms with E-state index in [1.54, 1.807) is 0 Å². The van der Waals surface area contributed by atoms with Gasteiger partial charge in [-0.3, -0.25) is 9.59 Å². The van der Waals surface area contributed by atoms with Crippen LogP contribution in [0.4, 0.5) is 0 Å². The Labute approximate surface area is 121 Å². The average molecular weight is 292 g/mol. The highest BCUT2D eigenvalue weighted by molar-refractivity contribution is 7.18. The topological polar surface area (TPSA) is 68.3 Å². The van der Waals surface area contributed by atoms with E-state index in [0.717, 1.165) is 15.2 Å². The van der Waals surface area contributed by atoms with Gasteiger partial charge >= 0.3 is 5.97 Å². The molecule has 0 fully saturated rings. The van der Waals surface area contributed by atoms with Crippen molar-refractivity contribution in [1.82, 2.24) is 10.3 Å². The molecule has 0 saturated heterocycles. The zero-order valence-corrected chi connectivity index (χ0v) is 12.0. The monoisotopic (exact) mass is 292 g/mol. The maximum atomic E-state index is 11.5. The number of esters is 1. The van der Waals surface area contributed by atoms with Crippen LogP contribution in [0.1, 0.15) is 24.8 Å². The summed E-state index contributed by atoms with van der Waals surface area (Å²) in [4.78, 5) is 26.6. The van der Waals surface area contributed by atoms with Crippen molar-refractivity contribution >= 4 is 33.4 Å². The molecular formula is C14H16N2O3S. The predicted molar refractivity (Wildman–Crippen MR) is 77.3 cm³/mol. The Morgan fingerprint density at radius 3 is 2.90 bits per heavy atom. The summed E-state index contributed by atoms with van der Waals surface area (Å²) < 4.78 is 6.25. The Kier molecular flexibility index (Phi) is 5.06. The molecule has 1 heterocycles. The van der Waals surface area contributed by atoms with Gasteiger partial charge in [0.1, 0.15) is 11.6 Å². The third-order valence-corrected chi connectivity index (χ3v) is 3.64. The fraction of sp³-hybridized carbons (Fsp3) is 0.357. The van der Waals surface area contributed by atoms with E-state index in [4.69, 9.17) is 4.74 Å². The number of carbonyl (C=O) groups is 2. The van der Waals surface area contributed by atoms with Crippen LogP contribution >= 0.6 is 11.3 Å². The highest BCUT2D eigenvalue weighted by Gasteiger charge is 2.07. The number of carbonyl (C=O) groups excluding carboxylic acids is 2. The summed E-state index contributed by atoms with van der Waals surface area (Å²) in [5.74, 6) is -0.359. The first kappa shape index (κ1) is 14.5. The van der Waals surface area contributed by atoms with Crippen LogP contribution in [-0.2, 0) is 20.9 Å². The number of nitrogens with one attached hydrogen (secondary N) is 1. The Morgan fingerprint density at radius 1 is 1.35 bits per heavy atom. The Morgan fingerprint density at radius 2 is 2.15 bits per heavy atom. The standard InChI is InChI=1S/C14H16N2O3S/c1-10(17)15-8-4-7-14(18)19-9-13-16-11-5-2-3-6-12(11)20-13/h2-3,5-6H,4,7-9H2,1H3,(H,15,17). The van der Waals surface area contributed by atoms with E-state index < -0.39 is 0 Å². The number of aromatic nitrogens is 1. The van der Waals surface area contributed by atoms with Crippen molar-refractivity contribution in [1.29, 1.82) is 0 Å². The minimum Gasteiger partial charge on any atom is -0.458 e. The van der Waals surface area contributed by atoms with Gasteiger partial charge in [0, 0.05) is 19.9 Å². The molecule has 2 rings (SSSR count). The zero-order valence-electron chi connectivity index (χ0n) is 11.2. The van der Waals surface area contributed by atoms with Crippen LogP contribution in [0.5, 0.6) is 0 Å². The van der Waals surface area contributed by atoms with Crippen molar-refractivity contribution in [3.8, 4) is 0 Å². The summed E-state index contributed by atoms with van der Waals surface area (Å²) in [5, 5.41) is 3.43. The second-order valence-corrected chi connectivity index (χ2v) is 5.44. The predicted octanol–water partition coefficient (Wildman–Crippen LogP) is 2.26. The molecule has 1 amide bonds. The van der Waals surface area contributed by atoms with Gasteiger partial charge in [0.15, 0.2) is 0 Å². The number of rotatable bonds is 6. The Balaban J connectivity index is 1.74. The van der Waals surface area contributed by atoms with Crippen LogP contribution in [-0.4, -0.2) is 23.4 Å². The molecule has 0 saturated carbocycles. The van der Waals surface area contributed by atoms with Gasteiger partial charge in [0.2, 0.25) is 5.91 Å². The number of nitrogens with zero attached hydrogens (tertiary/aromatic N) is 1. The molecule has 0 spiro atoms. The number of hydrogen-bond donors (Lipinski definition) is 1. The van der Waals surface area contributed by atoms with Crippen LogP contribution in [0.3, 0.4) is 0 Å². The lowest BCUT2D eigenvalue weighted by atomic mass is 10.3. The van der Waals surface area contributed by atoms with Crippen molar-refractivity contribution in [3.05, 3.63) is 29.3 Å². The second-order valence-electron chi connectivity index (χ2n) is 4.32. The lowest BCUT2D eigenvalue weighted by Gasteiger charge is -2.03. The molecule has 6 heteroatoms. The van der Waals surface area contributed by atoms with Crippen LogP contribution in [0.2, 0.25) is 0 Å². The van der Waals surface area contributed by atoms with E-state index in [0.29, 0.717) is 19.4 Å². The Bertz CT molecular complexity index is 576. The smallest absolute Gasteiger partial charge is 0.306 e. The molecule has 106 valence electrons.